The molecule has 0 amide bonds. The van der Waals surface area contributed by atoms with Crippen molar-refractivity contribution in [3.05, 3.63) is 119 Å². The number of hydrogen-bond acceptors (Lipinski definition) is 9. The molecular formula is C43H55N2O8S. The number of rotatable bonds is 17. The number of ether oxygens (including phenoxy) is 5. The average Bonchev–Trinajstić information content (AvgIpc) is 3.18. The Bertz CT molecular complexity index is 1830. The van der Waals surface area contributed by atoms with Crippen molar-refractivity contribution in [3.8, 4) is 5.75 Å². The van der Waals surface area contributed by atoms with Crippen molar-refractivity contribution in [1.82, 2.24) is 4.31 Å². The average molecular weight is 760 g/mol. The molecule has 1 aliphatic carbocycles. The molecule has 3 aliphatic rings. The molecule has 1 fully saturated rings. The van der Waals surface area contributed by atoms with Gasteiger partial charge < -0.3 is 33.7 Å². The molecule has 11 heteroatoms. The summed E-state index contributed by atoms with van der Waals surface area (Å²) in [7, 11) is -2.25. The Kier molecular flexibility index (Phi) is 13.9. The van der Waals surface area contributed by atoms with Crippen LogP contribution in [0.4, 0.5) is 5.69 Å². The fourth-order valence-corrected chi connectivity index (χ4v) is 9.18. The molecular weight excluding hydrogens is 705 g/mol. The van der Waals surface area contributed by atoms with E-state index in [1.807, 2.05) is 57.2 Å². The van der Waals surface area contributed by atoms with Crippen molar-refractivity contribution in [3.63, 3.8) is 0 Å². The second-order valence-electron chi connectivity index (χ2n) is 14.3. The second kappa shape index (κ2) is 18.8. The van der Waals surface area contributed by atoms with Crippen molar-refractivity contribution in [2.75, 3.05) is 58.1 Å². The second-order valence-corrected chi connectivity index (χ2v) is 16.2. The van der Waals surface area contributed by atoms with E-state index in [0.29, 0.717) is 51.8 Å². The number of benzene rings is 3. The zero-order valence-electron chi connectivity index (χ0n) is 32.0. The third-order valence-electron chi connectivity index (χ3n) is 10.4. The molecule has 2 heterocycles. The van der Waals surface area contributed by atoms with Crippen LogP contribution >= 0.6 is 0 Å². The summed E-state index contributed by atoms with van der Waals surface area (Å²) >= 11 is 0. The highest BCUT2D eigenvalue weighted by Crippen LogP contribution is 2.43. The quantitative estimate of drug-likeness (QED) is 0.142. The minimum absolute atomic E-state index is 0.0180. The number of allylic oxidation sites excluding steroid dienone is 3. The molecule has 1 N–H and O–H groups in total. The molecule has 6 rings (SSSR count). The van der Waals surface area contributed by atoms with Crippen molar-refractivity contribution in [1.29, 1.82) is 0 Å². The van der Waals surface area contributed by atoms with Crippen LogP contribution in [0.15, 0.2) is 95.6 Å². The van der Waals surface area contributed by atoms with Crippen molar-refractivity contribution >= 4 is 15.7 Å². The van der Waals surface area contributed by atoms with Gasteiger partial charge in [-0.2, -0.15) is 4.31 Å². The first-order valence-electron chi connectivity index (χ1n) is 19.1. The topological polar surface area (TPSA) is 107 Å². The van der Waals surface area contributed by atoms with E-state index in [4.69, 9.17) is 23.7 Å². The molecule has 1 radical (unpaired) electrons. The maximum atomic E-state index is 14.5. The van der Waals surface area contributed by atoms with Gasteiger partial charge in [0, 0.05) is 45.4 Å². The van der Waals surface area contributed by atoms with Gasteiger partial charge >= 0.3 is 0 Å². The molecule has 54 heavy (non-hydrogen) atoms. The van der Waals surface area contributed by atoms with Crippen LogP contribution in [-0.4, -0.2) is 89.3 Å². The Hall–Kier alpha value is -3.71. The van der Waals surface area contributed by atoms with E-state index in [9.17, 15) is 13.5 Å². The number of anilines is 1. The largest absolute Gasteiger partial charge is 0.512 e. The summed E-state index contributed by atoms with van der Waals surface area (Å²) in [5, 5.41) is 11.1. The van der Waals surface area contributed by atoms with Gasteiger partial charge in [-0.3, -0.25) is 0 Å². The molecule has 2 aliphatic heterocycles. The molecule has 10 nitrogen and oxygen atoms in total. The maximum Gasteiger partial charge on any atom is 0.243 e. The highest BCUT2D eigenvalue weighted by Gasteiger charge is 2.47. The first kappa shape index (κ1) is 40.0. The van der Waals surface area contributed by atoms with E-state index in [1.165, 1.54) is 0 Å². The Labute approximate surface area is 321 Å². The molecule has 4 atom stereocenters. The zero-order valence-corrected chi connectivity index (χ0v) is 32.8. The first-order chi connectivity index (χ1) is 26.2. The maximum absolute atomic E-state index is 14.5. The third-order valence-corrected chi connectivity index (χ3v) is 12.3. The molecule has 3 aromatic carbocycles. The van der Waals surface area contributed by atoms with Crippen LogP contribution < -0.4 is 9.64 Å². The Balaban J connectivity index is 1.30. The summed E-state index contributed by atoms with van der Waals surface area (Å²) in [6, 6.07) is 20.9. The lowest BCUT2D eigenvalue weighted by Crippen LogP contribution is -2.54. The van der Waals surface area contributed by atoms with Crippen molar-refractivity contribution < 1.29 is 37.2 Å². The number of piperidine rings is 1. The summed E-state index contributed by atoms with van der Waals surface area (Å²) in [5.74, 6) is 1.49. The number of aliphatic hydroxyl groups is 1. The minimum Gasteiger partial charge on any atom is -0.512 e. The smallest absolute Gasteiger partial charge is 0.243 e. The van der Waals surface area contributed by atoms with Crippen LogP contribution in [0.2, 0.25) is 0 Å². The van der Waals surface area contributed by atoms with E-state index in [0.717, 1.165) is 53.2 Å². The summed E-state index contributed by atoms with van der Waals surface area (Å²) in [4.78, 5) is 2.54. The van der Waals surface area contributed by atoms with Crippen LogP contribution in [0.5, 0.6) is 5.75 Å². The number of hydrogen-bond donors (Lipinski definition) is 1. The molecule has 291 valence electrons. The van der Waals surface area contributed by atoms with Gasteiger partial charge in [-0.05, 0) is 87.1 Å². The van der Waals surface area contributed by atoms with E-state index in [1.54, 1.807) is 29.6 Å². The fourth-order valence-electron chi connectivity index (χ4n) is 7.54. The SMILES string of the molecule is CCO[C@H](C)COCc1ccc([C@H]2C[C@H]([C]3CC=CC=C3O)N(S(=O)(=O)c3ccc(C)cc3)C[C@@H]2OCc2ccc3c(c2)N(CCCOC)CCO3)cc1. The normalized spacial score (nSPS) is 21.4. The summed E-state index contributed by atoms with van der Waals surface area (Å²) in [6.45, 7) is 10.9. The number of aryl methyl sites for hydroxylation is 1. The molecule has 0 saturated carbocycles. The van der Waals surface area contributed by atoms with Gasteiger partial charge in [-0.25, -0.2) is 8.42 Å². The number of fused-ring (bicyclic) bond motifs is 1. The van der Waals surface area contributed by atoms with Crippen LogP contribution in [0.1, 0.15) is 61.3 Å². The number of aliphatic hydroxyl groups excluding tert-OH is 1. The lowest BCUT2D eigenvalue weighted by atomic mass is 9.77. The van der Waals surface area contributed by atoms with E-state index >= 15 is 0 Å². The molecule has 3 aromatic rings. The predicted molar refractivity (Wildman–Crippen MR) is 210 cm³/mol. The van der Waals surface area contributed by atoms with Gasteiger partial charge in [-0.1, -0.05) is 60.2 Å². The molecule has 0 aromatic heterocycles. The van der Waals surface area contributed by atoms with Gasteiger partial charge in [0.05, 0.1) is 55.1 Å². The Morgan fingerprint density at radius 1 is 1.02 bits per heavy atom. The monoisotopic (exact) mass is 759 g/mol. The molecule has 0 bridgehead atoms. The lowest BCUT2D eigenvalue weighted by Gasteiger charge is -2.46. The predicted octanol–water partition coefficient (Wildman–Crippen LogP) is 7.28. The standard InChI is InChI=1S/C43H55N2O8S/c1-5-51-32(3)28-50-29-33-13-16-35(17-14-33)38-26-39(37-9-6-7-10-41(37)46)45(54(47,48)36-18-11-31(2)12-19-36)27-43(38)53-30-34-15-20-42-40(25-34)44(22-24-52-42)21-8-23-49-4/h6-7,10-20,25,32,38-39,43,46H,5,8-9,21-24,26-30H2,1-4H3/t32-,38-,39-,43+/m1/s1. The zero-order chi connectivity index (χ0) is 38.1. The highest BCUT2D eigenvalue weighted by atomic mass is 32.2. The van der Waals surface area contributed by atoms with Gasteiger partial charge in [0.15, 0.2) is 0 Å². The fraction of sp³-hybridized carbons (Fsp3) is 0.465. The van der Waals surface area contributed by atoms with Gasteiger partial charge in [0.2, 0.25) is 10.0 Å². The third kappa shape index (κ3) is 9.74. The van der Waals surface area contributed by atoms with Crippen LogP contribution in [0.3, 0.4) is 0 Å². The summed E-state index contributed by atoms with van der Waals surface area (Å²) in [6.07, 6.45) is 6.75. The Morgan fingerprint density at radius 3 is 2.54 bits per heavy atom. The van der Waals surface area contributed by atoms with E-state index < -0.39 is 22.2 Å². The highest BCUT2D eigenvalue weighted by molar-refractivity contribution is 7.89. The molecule has 0 unspecified atom stereocenters. The minimum atomic E-state index is -3.97. The Morgan fingerprint density at radius 2 is 1.80 bits per heavy atom. The van der Waals surface area contributed by atoms with Crippen molar-refractivity contribution in [2.45, 2.75) is 82.3 Å². The lowest BCUT2D eigenvalue weighted by molar-refractivity contribution is -0.0186. The van der Waals surface area contributed by atoms with E-state index in [2.05, 4.69) is 35.2 Å². The number of nitrogens with zero attached hydrogens (tertiary/aromatic N) is 2. The first-order valence-corrected chi connectivity index (χ1v) is 20.5. The summed E-state index contributed by atoms with van der Waals surface area (Å²) < 4.78 is 60.3. The van der Waals surface area contributed by atoms with Crippen LogP contribution in [-0.2, 0) is 42.2 Å². The number of sulfonamides is 1. The molecule has 0 spiro atoms. The van der Waals surface area contributed by atoms with Crippen LogP contribution in [0.25, 0.3) is 0 Å². The van der Waals surface area contributed by atoms with Gasteiger partial charge in [0.25, 0.3) is 0 Å². The number of methoxy groups -OCH3 is 1. The van der Waals surface area contributed by atoms with Gasteiger partial charge in [-0.15, -0.1) is 0 Å². The van der Waals surface area contributed by atoms with Crippen molar-refractivity contribution in [2.24, 2.45) is 0 Å². The van der Waals surface area contributed by atoms with E-state index in [-0.39, 0.29) is 35.8 Å². The summed E-state index contributed by atoms with van der Waals surface area (Å²) in [5.41, 5.74) is 5.06. The molecule has 1 saturated heterocycles. The van der Waals surface area contributed by atoms with Crippen LogP contribution in [0, 0.1) is 12.8 Å². The van der Waals surface area contributed by atoms with Gasteiger partial charge in [0.1, 0.15) is 18.1 Å².